The average molecular weight is 281 g/mol. The maximum absolute atomic E-state index is 9.83. The van der Waals surface area contributed by atoms with Crippen molar-refractivity contribution in [3.05, 3.63) is 29.3 Å². The monoisotopic (exact) mass is 281 g/mol. The second-order valence-electron chi connectivity index (χ2n) is 4.91. The van der Waals surface area contributed by atoms with Gasteiger partial charge in [0.05, 0.1) is 0 Å². The van der Waals surface area contributed by atoms with Crippen LogP contribution in [0.2, 0.25) is 0 Å². The number of rotatable bonds is 3. The molecular weight excluding hydrogens is 262 g/mol. The van der Waals surface area contributed by atoms with Gasteiger partial charge in [-0.15, -0.1) is 0 Å². The molecule has 1 saturated heterocycles. The molecule has 0 radical (unpaired) electrons. The first-order valence-corrected chi connectivity index (χ1v) is 8.78. The van der Waals surface area contributed by atoms with Gasteiger partial charge in [-0.2, -0.15) is 23.5 Å². The zero-order chi connectivity index (χ0) is 12.4. The predicted molar refractivity (Wildman–Crippen MR) is 80.7 cm³/mol. The molecule has 1 aliphatic carbocycles. The van der Waals surface area contributed by atoms with Crippen LogP contribution in [0, 0.1) is 0 Å². The van der Waals surface area contributed by atoms with E-state index in [1.807, 2.05) is 6.07 Å². The highest BCUT2D eigenvalue weighted by molar-refractivity contribution is 8.06. The standard InChI is InChI=1S/C14H19NOS2/c16-14-3-1-2-11-12(14)4-5-13(11)15-8-10-9-17-6-7-18-10/h1-3,10,13,15-16H,4-9H2. The summed E-state index contributed by atoms with van der Waals surface area (Å²) in [6.07, 6.45) is 2.13. The Balaban J connectivity index is 1.60. The fourth-order valence-electron chi connectivity index (χ4n) is 2.78. The molecule has 18 heavy (non-hydrogen) atoms. The summed E-state index contributed by atoms with van der Waals surface area (Å²) in [4.78, 5) is 0. The van der Waals surface area contributed by atoms with E-state index in [0.717, 1.165) is 30.2 Å². The van der Waals surface area contributed by atoms with Crippen LogP contribution in [0.4, 0.5) is 0 Å². The summed E-state index contributed by atoms with van der Waals surface area (Å²) < 4.78 is 0. The average Bonchev–Trinajstić information content (AvgIpc) is 2.82. The van der Waals surface area contributed by atoms with Crippen LogP contribution < -0.4 is 5.32 Å². The minimum absolute atomic E-state index is 0.444. The van der Waals surface area contributed by atoms with Crippen molar-refractivity contribution in [2.75, 3.05) is 23.8 Å². The third kappa shape index (κ3) is 2.65. The van der Waals surface area contributed by atoms with Crippen molar-refractivity contribution in [3.8, 4) is 5.75 Å². The van der Waals surface area contributed by atoms with E-state index in [1.165, 1.54) is 22.8 Å². The SMILES string of the molecule is Oc1cccc2c1CCC2NCC1CSCCS1. The fraction of sp³-hybridized carbons (Fsp3) is 0.571. The molecule has 2 nitrogen and oxygen atoms in total. The Bertz CT molecular complexity index is 418. The molecule has 1 heterocycles. The van der Waals surface area contributed by atoms with Crippen LogP contribution in [0.1, 0.15) is 23.6 Å². The van der Waals surface area contributed by atoms with Gasteiger partial charge in [0.25, 0.3) is 0 Å². The highest BCUT2D eigenvalue weighted by Crippen LogP contribution is 2.36. The lowest BCUT2D eigenvalue weighted by Gasteiger charge is -2.23. The number of hydrogen-bond donors (Lipinski definition) is 2. The summed E-state index contributed by atoms with van der Waals surface area (Å²) in [6, 6.07) is 6.36. The van der Waals surface area contributed by atoms with E-state index >= 15 is 0 Å². The van der Waals surface area contributed by atoms with Gasteiger partial charge in [-0.1, -0.05) is 12.1 Å². The van der Waals surface area contributed by atoms with Gasteiger partial charge in [0.1, 0.15) is 5.75 Å². The van der Waals surface area contributed by atoms with Crippen molar-refractivity contribution in [2.24, 2.45) is 0 Å². The number of benzene rings is 1. The Morgan fingerprint density at radius 2 is 2.28 bits per heavy atom. The smallest absolute Gasteiger partial charge is 0.119 e. The minimum atomic E-state index is 0.444. The predicted octanol–water partition coefficient (Wildman–Crippen LogP) is 2.82. The van der Waals surface area contributed by atoms with Crippen molar-refractivity contribution in [2.45, 2.75) is 24.1 Å². The molecule has 3 rings (SSSR count). The molecule has 1 aromatic rings. The van der Waals surface area contributed by atoms with Crippen LogP contribution in [-0.4, -0.2) is 34.2 Å². The second kappa shape index (κ2) is 5.76. The first-order chi connectivity index (χ1) is 8.84. The zero-order valence-corrected chi connectivity index (χ0v) is 12.0. The molecule has 1 aromatic carbocycles. The minimum Gasteiger partial charge on any atom is -0.508 e. The summed E-state index contributed by atoms with van der Waals surface area (Å²) in [5.41, 5.74) is 2.46. The van der Waals surface area contributed by atoms with Crippen LogP contribution in [-0.2, 0) is 6.42 Å². The molecular formula is C14H19NOS2. The summed E-state index contributed by atoms with van der Waals surface area (Å²) >= 11 is 4.17. The van der Waals surface area contributed by atoms with Gasteiger partial charge in [-0.05, 0) is 30.0 Å². The van der Waals surface area contributed by atoms with Crippen molar-refractivity contribution >= 4 is 23.5 Å². The largest absolute Gasteiger partial charge is 0.508 e. The zero-order valence-electron chi connectivity index (χ0n) is 10.4. The van der Waals surface area contributed by atoms with Crippen molar-refractivity contribution in [3.63, 3.8) is 0 Å². The molecule has 2 atom stereocenters. The highest BCUT2D eigenvalue weighted by atomic mass is 32.2. The van der Waals surface area contributed by atoms with Gasteiger partial charge in [-0.3, -0.25) is 0 Å². The molecule has 98 valence electrons. The summed E-state index contributed by atoms with van der Waals surface area (Å²) in [5.74, 6) is 4.34. The molecule has 0 aromatic heterocycles. The number of phenolic OH excluding ortho intramolecular Hbond substituents is 1. The molecule has 4 heteroatoms. The van der Waals surface area contributed by atoms with Crippen molar-refractivity contribution in [1.82, 2.24) is 5.32 Å². The number of aromatic hydroxyl groups is 1. The third-order valence-corrected chi connectivity index (χ3v) is 6.57. The van der Waals surface area contributed by atoms with Crippen molar-refractivity contribution in [1.29, 1.82) is 0 Å². The summed E-state index contributed by atoms with van der Waals surface area (Å²) in [6.45, 7) is 1.09. The van der Waals surface area contributed by atoms with E-state index in [-0.39, 0.29) is 0 Å². The lowest BCUT2D eigenvalue weighted by molar-refractivity contribution is 0.469. The molecule has 1 fully saturated rings. The molecule has 0 bridgehead atoms. The Kier molecular flexibility index (Phi) is 4.07. The molecule has 0 saturated carbocycles. The molecule has 0 spiro atoms. The molecule has 1 aliphatic heterocycles. The Hall–Kier alpha value is -0.320. The Labute approximate surface area is 117 Å². The van der Waals surface area contributed by atoms with Crippen LogP contribution >= 0.6 is 23.5 Å². The Morgan fingerprint density at radius 3 is 3.11 bits per heavy atom. The maximum Gasteiger partial charge on any atom is 0.119 e. The lowest BCUT2D eigenvalue weighted by atomic mass is 10.1. The second-order valence-corrected chi connectivity index (χ2v) is 7.47. The van der Waals surface area contributed by atoms with E-state index in [9.17, 15) is 5.11 Å². The van der Waals surface area contributed by atoms with Gasteiger partial charge >= 0.3 is 0 Å². The highest BCUT2D eigenvalue weighted by Gasteiger charge is 2.25. The molecule has 2 unspecified atom stereocenters. The first-order valence-electron chi connectivity index (χ1n) is 6.58. The summed E-state index contributed by atoms with van der Waals surface area (Å²) in [5, 5.41) is 14.3. The number of fused-ring (bicyclic) bond motifs is 1. The number of phenols is 1. The van der Waals surface area contributed by atoms with E-state index in [4.69, 9.17) is 0 Å². The molecule has 2 N–H and O–H groups in total. The number of thioether (sulfide) groups is 2. The van der Waals surface area contributed by atoms with E-state index in [1.54, 1.807) is 6.07 Å². The first kappa shape index (κ1) is 12.7. The van der Waals surface area contributed by atoms with Crippen LogP contribution in [0.25, 0.3) is 0 Å². The maximum atomic E-state index is 9.83. The topological polar surface area (TPSA) is 32.3 Å². The van der Waals surface area contributed by atoms with Gasteiger partial charge in [0, 0.05) is 35.1 Å². The quantitative estimate of drug-likeness (QED) is 0.892. The molecule has 0 amide bonds. The third-order valence-electron chi connectivity index (χ3n) is 3.72. The van der Waals surface area contributed by atoms with Crippen LogP contribution in [0.15, 0.2) is 18.2 Å². The van der Waals surface area contributed by atoms with E-state index in [2.05, 4.69) is 34.9 Å². The lowest BCUT2D eigenvalue weighted by Crippen LogP contribution is -2.31. The van der Waals surface area contributed by atoms with Gasteiger partial charge in [-0.25, -0.2) is 0 Å². The Morgan fingerprint density at radius 1 is 1.33 bits per heavy atom. The molecule has 2 aliphatic rings. The van der Waals surface area contributed by atoms with Crippen LogP contribution in [0.5, 0.6) is 5.75 Å². The van der Waals surface area contributed by atoms with Gasteiger partial charge in [0.15, 0.2) is 0 Å². The van der Waals surface area contributed by atoms with Crippen LogP contribution in [0.3, 0.4) is 0 Å². The fourth-order valence-corrected chi connectivity index (χ4v) is 5.40. The van der Waals surface area contributed by atoms with Crippen molar-refractivity contribution < 1.29 is 5.11 Å². The van der Waals surface area contributed by atoms with E-state index < -0.39 is 0 Å². The van der Waals surface area contributed by atoms with Gasteiger partial charge < -0.3 is 10.4 Å². The van der Waals surface area contributed by atoms with E-state index in [0.29, 0.717) is 11.8 Å². The number of nitrogens with one attached hydrogen (secondary N) is 1. The summed E-state index contributed by atoms with van der Waals surface area (Å²) in [7, 11) is 0. The normalized spacial score (nSPS) is 27.1. The van der Waals surface area contributed by atoms with Gasteiger partial charge in [0.2, 0.25) is 0 Å². The number of hydrogen-bond acceptors (Lipinski definition) is 4.